The van der Waals surface area contributed by atoms with Gasteiger partial charge in [0.1, 0.15) is 6.26 Å². The van der Waals surface area contributed by atoms with Crippen molar-refractivity contribution in [3.63, 3.8) is 0 Å². The minimum atomic E-state index is -0.250. The van der Waals surface area contributed by atoms with Gasteiger partial charge in [0.2, 0.25) is 5.89 Å². The van der Waals surface area contributed by atoms with E-state index in [1.165, 1.54) is 11.8 Å². The number of nitrogens with one attached hydrogen (secondary N) is 1. The molecule has 0 saturated carbocycles. The summed E-state index contributed by atoms with van der Waals surface area (Å²) in [6.07, 6.45) is 4.27. The Balaban J connectivity index is 1.87. The predicted molar refractivity (Wildman–Crippen MR) is 90.1 cm³/mol. The minimum Gasteiger partial charge on any atom is -0.446 e. The Morgan fingerprint density at radius 2 is 2.09 bits per heavy atom. The highest BCUT2D eigenvalue weighted by Crippen LogP contribution is 2.17. The van der Waals surface area contributed by atoms with Gasteiger partial charge in [-0.1, -0.05) is 57.0 Å². The highest BCUT2D eigenvalue weighted by atomic mass is 16.3. The van der Waals surface area contributed by atoms with Crippen LogP contribution in [0.2, 0.25) is 0 Å². The number of unbranched alkanes of at least 4 members (excludes halogenated alkanes) is 1. The molecule has 5 heteroatoms. The topological polar surface area (TPSA) is 81.1 Å². The molecule has 5 nitrogen and oxygen atoms in total. The number of hydrogen-bond donors (Lipinski definition) is 2. The molecule has 124 valence electrons. The second-order valence-corrected chi connectivity index (χ2v) is 5.84. The first kappa shape index (κ1) is 17.2. The average molecular weight is 315 g/mol. The van der Waals surface area contributed by atoms with Gasteiger partial charge in [-0.05, 0) is 17.9 Å². The average Bonchev–Trinajstić information content (AvgIpc) is 3.08. The Hall–Kier alpha value is -2.14. The molecular weight excluding hydrogens is 290 g/mol. The van der Waals surface area contributed by atoms with Crippen LogP contribution in [-0.2, 0) is 0 Å². The van der Waals surface area contributed by atoms with E-state index in [-0.39, 0.29) is 23.6 Å². The van der Waals surface area contributed by atoms with Crippen molar-refractivity contribution in [3.05, 3.63) is 53.7 Å². The molecule has 23 heavy (non-hydrogen) atoms. The van der Waals surface area contributed by atoms with E-state index in [2.05, 4.69) is 36.3 Å². The number of rotatable bonds is 8. The summed E-state index contributed by atoms with van der Waals surface area (Å²) in [5.41, 5.74) is 7.48. The summed E-state index contributed by atoms with van der Waals surface area (Å²) in [6.45, 7) is 4.73. The molecule has 1 aromatic heterocycles. The fourth-order valence-corrected chi connectivity index (χ4v) is 2.35. The first-order chi connectivity index (χ1) is 11.1. The number of carbonyl (C=O) groups excluding carboxylic acids is 1. The van der Waals surface area contributed by atoms with E-state index < -0.39 is 0 Å². The number of hydrogen-bond acceptors (Lipinski definition) is 4. The molecule has 1 amide bonds. The molecule has 2 aromatic rings. The van der Waals surface area contributed by atoms with Crippen molar-refractivity contribution >= 4 is 5.91 Å². The number of nitrogens with two attached hydrogens (primary N) is 1. The van der Waals surface area contributed by atoms with Gasteiger partial charge in [-0.25, -0.2) is 4.98 Å². The fraction of sp³-hybridized carbons (Fsp3) is 0.444. The number of benzene rings is 1. The van der Waals surface area contributed by atoms with Gasteiger partial charge in [0.05, 0.1) is 6.04 Å². The Kier molecular flexibility index (Phi) is 6.35. The lowest BCUT2D eigenvalue weighted by atomic mass is 10.0. The summed E-state index contributed by atoms with van der Waals surface area (Å²) in [4.78, 5) is 16.4. The monoisotopic (exact) mass is 315 g/mol. The lowest BCUT2D eigenvalue weighted by Crippen LogP contribution is -2.27. The number of amides is 1. The number of aromatic nitrogens is 1. The van der Waals surface area contributed by atoms with Crippen molar-refractivity contribution in [2.75, 3.05) is 6.54 Å². The molecule has 3 N–H and O–H groups in total. The fourth-order valence-electron chi connectivity index (χ4n) is 2.35. The van der Waals surface area contributed by atoms with Gasteiger partial charge in [-0.15, -0.1) is 0 Å². The van der Waals surface area contributed by atoms with Gasteiger partial charge in [-0.2, -0.15) is 0 Å². The van der Waals surface area contributed by atoms with Crippen molar-refractivity contribution < 1.29 is 9.21 Å². The van der Waals surface area contributed by atoms with Crippen molar-refractivity contribution in [3.8, 4) is 0 Å². The van der Waals surface area contributed by atoms with Gasteiger partial charge in [0.15, 0.2) is 5.69 Å². The van der Waals surface area contributed by atoms with Gasteiger partial charge in [0, 0.05) is 6.54 Å². The first-order valence-corrected chi connectivity index (χ1v) is 8.16. The van der Waals surface area contributed by atoms with Gasteiger partial charge >= 0.3 is 0 Å². The molecule has 0 aliphatic carbocycles. The standard InChI is InChI=1S/C18H25N3O2/c1-3-4-10-15(19)18-21-16(12-23-18)17(22)20-11-13(2)14-8-6-5-7-9-14/h5-9,12-13,15H,3-4,10-11,19H2,1-2H3,(H,20,22). The third-order valence-electron chi connectivity index (χ3n) is 3.88. The molecule has 0 saturated heterocycles. The smallest absolute Gasteiger partial charge is 0.273 e. The third kappa shape index (κ3) is 4.93. The largest absolute Gasteiger partial charge is 0.446 e. The predicted octanol–water partition coefficient (Wildman–Crippen LogP) is 3.40. The SMILES string of the molecule is CCCCC(N)c1nc(C(=O)NCC(C)c2ccccc2)co1. The first-order valence-electron chi connectivity index (χ1n) is 8.16. The Bertz CT molecular complexity index is 610. The molecule has 0 radical (unpaired) electrons. The summed E-state index contributed by atoms with van der Waals surface area (Å²) in [7, 11) is 0. The van der Waals surface area contributed by atoms with Crippen LogP contribution in [0.25, 0.3) is 0 Å². The van der Waals surface area contributed by atoms with Crippen LogP contribution in [0.3, 0.4) is 0 Å². The molecule has 2 unspecified atom stereocenters. The maximum absolute atomic E-state index is 12.2. The van der Waals surface area contributed by atoms with Gasteiger partial charge < -0.3 is 15.5 Å². The molecule has 1 heterocycles. The normalized spacial score (nSPS) is 13.5. The molecule has 0 fully saturated rings. The highest BCUT2D eigenvalue weighted by Gasteiger charge is 2.17. The summed E-state index contributed by atoms with van der Waals surface area (Å²) in [5, 5.41) is 2.89. The van der Waals surface area contributed by atoms with E-state index in [9.17, 15) is 4.79 Å². The minimum absolute atomic E-state index is 0.231. The second kappa shape index (κ2) is 8.48. The maximum Gasteiger partial charge on any atom is 0.273 e. The summed E-state index contributed by atoms with van der Waals surface area (Å²) < 4.78 is 5.34. The lowest BCUT2D eigenvalue weighted by Gasteiger charge is -2.12. The molecule has 1 aromatic carbocycles. The number of carbonyl (C=O) groups is 1. The summed E-state index contributed by atoms with van der Waals surface area (Å²) in [5.74, 6) is 0.434. The van der Waals surface area contributed by atoms with Crippen LogP contribution in [0.4, 0.5) is 0 Å². The molecule has 2 rings (SSSR count). The third-order valence-corrected chi connectivity index (χ3v) is 3.88. The Morgan fingerprint density at radius 3 is 2.78 bits per heavy atom. The molecule has 2 atom stereocenters. The zero-order valence-electron chi connectivity index (χ0n) is 13.8. The molecule has 0 aliphatic heterocycles. The van der Waals surface area contributed by atoms with E-state index in [0.717, 1.165) is 19.3 Å². The van der Waals surface area contributed by atoms with Crippen molar-refractivity contribution in [1.29, 1.82) is 0 Å². The van der Waals surface area contributed by atoms with E-state index in [4.69, 9.17) is 10.2 Å². The van der Waals surface area contributed by atoms with E-state index in [1.807, 2.05) is 18.2 Å². The van der Waals surface area contributed by atoms with Crippen LogP contribution in [-0.4, -0.2) is 17.4 Å². The zero-order chi connectivity index (χ0) is 16.7. The van der Waals surface area contributed by atoms with E-state index in [1.54, 1.807) is 0 Å². The number of nitrogens with zero attached hydrogens (tertiary/aromatic N) is 1. The molecule has 0 bridgehead atoms. The van der Waals surface area contributed by atoms with Crippen LogP contribution in [0.5, 0.6) is 0 Å². The van der Waals surface area contributed by atoms with Crippen LogP contribution >= 0.6 is 0 Å². The maximum atomic E-state index is 12.2. The van der Waals surface area contributed by atoms with Crippen LogP contribution in [0.15, 0.2) is 41.0 Å². The van der Waals surface area contributed by atoms with Crippen molar-refractivity contribution in [2.45, 2.75) is 45.1 Å². The number of oxazole rings is 1. The lowest BCUT2D eigenvalue weighted by molar-refractivity contribution is 0.0946. The van der Waals surface area contributed by atoms with E-state index >= 15 is 0 Å². The molecular formula is C18H25N3O2. The quantitative estimate of drug-likeness (QED) is 0.782. The van der Waals surface area contributed by atoms with Crippen LogP contribution < -0.4 is 11.1 Å². The summed E-state index contributed by atoms with van der Waals surface area (Å²) >= 11 is 0. The van der Waals surface area contributed by atoms with Crippen molar-refractivity contribution in [2.24, 2.45) is 5.73 Å². The highest BCUT2D eigenvalue weighted by molar-refractivity contribution is 5.91. The van der Waals surface area contributed by atoms with Gasteiger partial charge in [0.25, 0.3) is 5.91 Å². The Labute approximate surface area is 137 Å². The van der Waals surface area contributed by atoms with Crippen LogP contribution in [0.1, 0.15) is 67.0 Å². The summed E-state index contributed by atoms with van der Waals surface area (Å²) in [6, 6.07) is 9.83. The molecule has 0 aliphatic rings. The van der Waals surface area contributed by atoms with E-state index in [0.29, 0.717) is 12.4 Å². The zero-order valence-corrected chi connectivity index (χ0v) is 13.8. The second-order valence-electron chi connectivity index (χ2n) is 5.84. The van der Waals surface area contributed by atoms with Crippen LogP contribution in [0, 0.1) is 0 Å². The molecule has 0 spiro atoms. The van der Waals surface area contributed by atoms with Gasteiger partial charge in [-0.3, -0.25) is 4.79 Å². The Morgan fingerprint density at radius 1 is 1.35 bits per heavy atom. The van der Waals surface area contributed by atoms with Crippen molar-refractivity contribution in [1.82, 2.24) is 10.3 Å².